The van der Waals surface area contributed by atoms with E-state index in [9.17, 15) is 0 Å². The Morgan fingerprint density at radius 2 is 2.33 bits per heavy atom. The maximum atomic E-state index is 3.62. The molecule has 1 unspecified atom stereocenters. The molecule has 0 aromatic carbocycles. The molecule has 0 saturated carbocycles. The van der Waals surface area contributed by atoms with Crippen molar-refractivity contribution in [2.75, 3.05) is 11.9 Å². The first-order chi connectivity index (χ1) is 7.29. The minimum absolute atomic E-state index is 0.736. The van der Waals surface area contributed by atoms with Crippen LogP contribution < -0.4 is 0 Å². The first kappa shape index (κ1) is 12.1. The molecule has 15 heavy (non-hydrogen) atoms. The minimum Gasteiger partial charge on any atom is -0.294 e. The van der Waals surface area contributed by atoms with Gasteiger partial charge in [-0.05, 0) is 41.4 Å². The van der Waals surface area contributed by atoms with Gasteiger partial charge in [-0.25, -0.2) is 0 Å². The molecule has 2 rings (SSSR count). The zero-order valence-electron chi connectivity index (χ0n) is 8.59. The predicted octanol–water partition coefficient (Wildman–Crippen LogP) is 4.26. The van der Waals surface area contributed by atoms with Crippen molar-refractivity contribution in [2.24, 2.45) is 0 Å². The van der Waals surface area contributed by atoms with Crippen LogP contribution >= 0.6 is 43.2 Å². The number of alkyl halides is 1. The van der Waals surface area contributed by atoms with Gasteiger partial charge in [0.25, 0.3) is 0 Å². The number of hydrogen-bond donors (Lipinski definition) is 0. The summed E-state index contributed by atoms with van der Waals surface area (Å²) in [6.45, 7) is 2.37. The van der Waals surface area contributed by atoms with E-state index in [4.69, 9.17) is 0 Å². The van der Waals surface area contributed by atoms with Crippen molar-refractivity contribution < 1.29 is 0 Å². The van der Waals surface area contributed by atoms with Crippen LogP contribution in [0, 0.1) is 0 Å². The molecule has 1 aromatic rings. The van der Waals surface area contributed by atoms with Gasteiger partial charge < -0.3 is 0 Å². The van der Waals surface area contributed by atoms with Gasteiger partial charge in [-0.2, -0.15) is 0 Å². The van der Waals surface area contributed by atoms with Crippen LogP contribution in [0.4, 0.5) is 0 Å². The van der Waals surface area contributed by atoms with Crippen molar-refractivity contribution in [2.45, 2.75) is 31.8 Å². The molecule has 0 radical (unpaired) electrons. The van der Waals surface area contributed by atoms with Gasteiger partial charge in [0.1, 0.15) is 0 Å². The summed E-state index contributed by atoms with van der Waals surface area (Å²) in [6.07, 6.45) is 4.09. The van der Waals surface area contributed by atoms with E-state index in [0.29, 0.717) is 0 Å². The van der Waals surface area contributed by atoms with E-state index in [1.807, 2.05) is 11.3 Å². The predicted molar refractivity (Wildman–Crippen MR) is 73.9 cm³/mol. The van der Waals surface area contributed by atoms with E-state index in [-0.39, 0.29) is 0 Å². The molecule has 1 aliphatic heterocycles. The number of likely N-dealkylation sites (tertiary alicyclic amines) is 1. The summed E-state index contributed by atoms with van der Waals surface area (Å²) in [5.41, 5.74) is 0. The van der Waals surface area contributed by atoms with Crippen molar-refractivity contribution in [1.29, 1.82) is 0 Å². The Balaban J connectivity index is 1.97. The molecule has 1 fully saturated rings. The van der Waals surface area contributed by atoms with Gasteiger partial charge in [0, 0.05) is 32.6 Å². The molecule has 4 heteroatoms. The van der Waals surface area contributed by atoms with E-state index >= 15 is 0 Å². The number of rotatable bonds is 3. The smallest absolute Gasteiger partial charge is 0.0331 e. The van der Waals surface area contributed by atoms with Gasteiger partial charge in [-0.1, -0.05) is 22.4 Å². The highest BCUT2D eigenvalue weighted by atomic mass is 79.9. The average molecular weight is 353 g/mol. The largest absolute Gasteiger partial charge is 0.294 e. The number of halogens is 2. The zero-order valence-corrected chi connectivity index (χ0v) is 12.6. The highest BCUT2D eigenvalue weighted by molar-refractivity contribution is 9.10. The van der Waals surface area contributed by atoms with E-state index in [0.717, 1.165) is 17.9 Å². The van der Waals surface area contributed by atoms with Crippen LogP contribution in [0.25, 0.3) is 0 Å². The van der Waals surface area contributed by atoms with Crippen LogP contribution in [0.15, 0.2) is 15.9 Å². The Morgan fingerprint density at radius 1 is 1.47 bits per heavy atom. The van der Waals surface area contributed by atoms with Gasteiger partial charge in [-0.15, -0.1) is 11.3 Å². The van der Waals surface area contributed by atoms with Crippen molar-refractivity contribution in [3.8, 4) is 0 Å². The molecule has 1 atom stereocenters. The summed E-state index contributed by atoms with van der Waals surface area (Å²) in [4.78, 5) is 4.08. The summed E-state index contributed by atoms with van der Waals surface area (Å²) >= 11 is 8.99. The maximum absolute atomic E-state index is 3.62. The molecular formula is C11H15Br2NS. The quantitative estimate of drug-likeness (QED) is 0.734. The summed E-state index contributed by atoms with van der Waals surface area (Å²) < 4.78 is 1.22. The minimum atomic E-state index is 0.736. The van der Waals surface area contributed by atoms with Gasteiger partial charge in [-0.3, -0.25) is 4.90 Å². The monoisotopic (exact) mass is 351 g/mol. The van der Waals surface area contributed by atoms with Gasteiger partial charge in [0.05, 0.1) is 0 Å². The number of nitrogens with zero attached hydrogens (tertiary/aromatic N) is 1. The number of piperidine rings is 1. The zero-order chi connectivity index (χ0) is 10.7. The van der Waals surface area contributed by atoms with E-state index in [2.05, 4.69) is 48.2 Å². The Hall–Kier alpha value is 0.620. The van der Waals surface area contributed by atoms with E-state index in [1.165, 1.54) is 35.2 Å². The molecule has 2 heterocycles. The lowest BCUT2D eigenvalue weighted by atomic mass is 10.0. The maximum Gasteiger partial charge on any atom is 0.0331 e. The summed E-state index contributed by atoms with van der Waals surface area (Å²) in [5.74, 6) is 0. The third-order valence-electron chi connectivity index (χ3n) is 2.91. The Bertz CT molecular complexity index is 313. The van der Waals surface area contributed by atoms with Crippen molar-refractivity contribution in [3.05, 3.63) is 20.8 Å². The van der Waals surface area contributed by atoms with Crippen molar-refractivity contribution in [3.63, 3.8) is 0 Å². The van der Waals surface area contributed by atoms with Crippen molar-refractivity contribution in [1.82, 2.24) is 4.90 Å². The van der Waals surface area contributed by atoms with Crippen LogP contribution in [-0.4, -0.2) is 22.8 Å². The highest BCUT2D eigenvalue weighted by Gasteiger charge is 2.21. The first-order valence-electron chi connectivity index (χ1n) is 5.32. The Labute approximate surface area is 112 Å². The standard InChI is InChI=1S/C11H15Br2NS/c12-6-10-3-1-2-4-14(10)7-11-5-9(13)8-15-11/h5,8,10H,1-4,6-7H2. The lowest BCUT2D eigenvalue weighted by molar-refractivity contribution is 0.158. The van der Waals surface area contributed by atoms with Gasteiger partial charge in [0.2, 0.25) is 0 Å². The lowest BCUT2D eigenvalue weighted by Gasteiger charge is -2.34. The van der Waals surface area contributed by atoms with Crippen LogP contribution in [0.3, 0.4) is 0 Å². The molecule has 84 valence electrons. The lowest BCUT2D eigenvalue weighted by Crippen LogP contribution is -2.39. The third kappa shape index (κ3) is 3.29. The molecule has 1 aromatic heterocycles. The fraction of sp³-hybridized carbons (Fsp3) is 0.636. The third-order valence-corrected chi connectivity index (χ3v) is 5.34. The van der Waals surface area contributed by atoms with Crippen LogP contribution in [-0.2, 0) is 6.54 Å². The summed E-state index contributed by atoms with van der Waals surface area (Å²) in [7, 11) is 0. The normalized spacial score (nSPS) is 23.2. The molecule has 1 nitrogen and oxygen atoms in total. The summed E-state index contributed by atoms with van der Waals surface area (Å²) in [6, 6.07) is 2.98. The Kier molecular flexibility index (Phi) is 4.68. The fourth-order valence-corrected chi connectivity index (χ4v) is 4.29. The van der Waals surface area contributed by atoms with Crippen LogP contribution in [0.2, 0.25) is 0 Å². The topological polar surface area (TPSA) is 3.24 Å². The molecule has 1 saturated heterocycles. The van der Waals surface area contributed by atoms with Gasteiger partial charge >= 0.3 is 0 Å². The second kappa shape index (κ2) is 5.80. The molecule has 0 aliphatic carbocycles. The van der Waals surface area contributed by atoms with E-state index in [1.54, 1.807) is 0 Å². The molecule has 0 spiro atoms. The molecule has 0 amide bonds. The van der Waals surface area contributed by atoms with Crippen LogP contribution in [0.1, 0.15) is 24.1 Å². The molecular weight excluding hydrogens is 338 g/mol. The summed E-state index contributed by atoms with van der Waals surface area (Å²) in [5, 5.41) is 3.28. The second-order valence-corrected chi connectivity index (χ2v) is 6.56. The molecule has 0 N–H and O–H groups in total. The molecule has 0 bridgehead atoms. The SMILES string of the molecule is BrCC1CCCCN1Cc1cc(Br)cs1. The first-order valence-corrected chi connectivity index (χ1v) is 8.12. The number of hydrogen-bond acceptors (Lipinski definition) is 2. The second-order valence-electron chi connectivity index (χ2n) is 4.01. The van der Waals surface area contributed by atoms with Crippen molar-refractivity contribution >= 4 is 43.2 Å². The van der Waals surface area contributed by atoms with E-state index < -0.39 is 0 Å². The number of thiophene rings is 1. The van der Waals surface area contributed by atoms with Crippen LogP contribution in [0.5, 0.6) is 0 Å². The van der Waals surface area contributed by atoms with Gasteiger partial charge in [0.15, 0.2) is 0 Å². The Morgan fingerprint density at radius 3 is 3.00 bits per heavy atom. The molecule has 1 aliphatic rings. The fourth-order valence-electron chi connectivity index (χ4n) is 2.08. The highest BCUT2D eigenvalue weighted by Crippen LogP contribution is 2.25. The average Bonchev–Trinajstić information content (AvgIpc) is 2.65.